The van der Waals surface area contributed by atoms with Crippen molar-refractivity contribution < 1.29 is 9.67 Å². The number of aryl methyl sites for hydroxylation is 1. The van der Waals surface area contributed by atoms with Crippen molar-refractivity contribution >= 4 is 0 Å². The Hall–Kier alpha value is -0.890. The molecule has 1 aromatic rings. The standard InChI is InChI=1S/C8H11NO/c1-8-2-4-9(5-3-8)6-7-10/h2-5H,6-7H2,1H3. The summed E-state index contributed by atoms with van der Waals surface area (Å²) in [6, 6.07) is 3.99. The average Bonchev–Trinajstić information content (AvgIpc) is 1.95. The second-order valence-corrected chi connectivity index (χ2v) is 2.32. The molecule has 0 atom stereocenters. The normalized spacial score (nSPS) is 9.80. The van der Waals surface area contributed by atoms with Crippen LogP contribution < -0.4 is 9.67 Å². The maximum Gasteiger partial charge on any atom is 0.168 e. The Bertz CT molecular complexity index is 193. The lowest BCUT2D eigenvalue weighted by Crippen LogP contribution is -2.37. The molecule has 0 aliphatic carbocycles. The number of pyridine rings is 1. The molecule has 0 bridgehead atoms. The van der Waals surface area contributed by atoms with Gasteiger partial charge in [-0.15, -0.1) is 0 Å². The first-order valence-electron chi connectivity index (χ1n) is 3.37. The molecule has 0 saturated carbocycles. The van der Waals surface area contributed by atoms with Gasteiger partial charge in [-0.1, -0.05) is 6.61 Å². The lowest BCUT2D eigenvalue weighted by Gasteiger charge is -1.98. The number of aromatic nitrogens is 1. The van der Waals surface area contributed by atoms with Gasteiger partial charge in [0.1, 0.15) is 6.54 Å². The van der Waals surface area contributed by atoms with Crippen molar-refractivity contribution in [1.82, 2.24) is 0 Å². The summed E-state index contributed by atoms with van der Waals surface area (Å²) in [5.74, 6) is 0. The minimum Gasteiger partial charge on any atom is -0.850 e. The summed E-state index contributed by atoms with van der Waals surface area (Å²) in [7, 11) is 0. The molecule has 1 aromatic heterocycles. The number of rotatable bonds is 2. The van der Waals surface area contributed by atoms with E-state index in [0.29, 0.717) is 6.54 Å². The monoisotopic (exact) mass is 137 g/mol. The molecular weight excluding hydrogens is 126 g/mol. The fourth-order valence-electron chi connectivity index (χ4n) is 0.786. The van der Waals surface area contributed by atoms with E-state index < -0.39 is 0 Å². The van der Waals surface area contributed by atoms with Gasteiger partial charge in [-0.05, 0) is 12.5 Å². The highest BCUT2D eigenvalue weighted by Crippen LogP contribution is 1.88. The second-order valence-electron chi connectivity index (χ2n) is 2.32. The van der Waals surface area contributed by atoms with Gasteiger partial charge in [0.15, 0.2) is 12.4 Å². The molecule has 0 spiro atoms. The van der Waals surface area contributed by atoms with E-state index in [1.807, 2.05) is 36.0 Å². The van der Waals surface area contributed by atoms with Gasteiger partial charge in [0.25, 0.3) is 0 Å². The predicted molar refractivity (Wildman–Crippen MR) is 36.2 cm³/mol. The highest BCUT2D eigenvalue weighted by molar-refractivity contribution is 5.03. The SMILES string of the molecule is Cc1cc[n+](CC[O-])cc1. The van der Waals surface area contributed by atoms with E-state index >= 15 is 0 Å². The van der Waals surface area contributed by atoms with Crippen molar-refractivity contribution in [2.45, 2.75) is 13.5 Å². The van der Waals surface area contributed by atoms with Crippen LogP contribution in [-0.2, 0) is 6.54 Å². The van der Waals surface area contributed by atoms with Crippen LogP contribution in [0.5, 0.6) is 0 Å². The highest BCUT2D eigenvalue weighted by Gasteiger charge is 1.92. The summed E-state index contributed by atoms with van der Waals surface area (Å²) < 4.78 is 1.89. The first-order chi connectivity index (χ1) is 4.83. The molecule has 2 heteroatoms. The van der Waals surface area contributed by atoms with Crippen molar-refractivity contribution in [2.75, 3.05) is 6.61 Å². The van der Waals surface area contributed by atoms with Crippen LogP contribution in [-0.4, -0.2) is 6.61 Å². The third-order valence-corrected chi connectivity index (χ3v) is 1.41. The van der Waals surface area contributed by atoms with E-state index in [4.69, 9.17) is 0 Å². The topological polar surface area (TPSA) is 26.9 Å². The smallest absolute Gasteiger partial charge is 0.168 e. The Morgan fingerprint density at radius 1 is 1.40 bits per heavy atom. The maximum atomic E-state index is 10.2. The zero-order valence-corrected chi connectivity index (χ0v) is 6.08. The van der Waals surface area contributed by atoms with Crippen LogP contribution in [0.15, 0.2) is 24.5 Å². The molecule has 0 unspecified atom stereocenters. The Labute approximate surface area is 60.8 Å². The van der Waals surface area contributed by atoms with Crippen LogP contribution in [0.3, 0.4) is 0 Å². The van der Waals surface area contributed by atoms with Crippen LogP contribution in [0.4, 0.5) is 0 Å². The zero-order valence-electron chi connectivity index (χ0n) is 6.08. The summed E-state index contributed by atoms with van der Waals surface area (Å²) in [5.41, 5.74) is 1.22. The van der Waals surface area contributed by atoms with E-state index in [2.05, 4.69) is 0 Å². The van der Waals surface area contributed by atoms with Gasteiger partial charge >= 0.3 is 0 Å². The van der Waals surface area contributed by atoms with E-state index in [9.17, 15) is 5.11 Å². The summed E-state index contributed by atoms with van der Waals surface area (Å²) in [5, 5.41) is 10.2. The van der Waals surface area contributed by atoms with Crippen molar-refractivity contribution in [1.29, 1.82) is 0 Å². The van der Waals surface area contributed by atoms with Crippen molar-refractivity contribution in [2.24, 2.45) is 0 Å². The molecule has 0 fully saturated rings. The lowest BCUT2D eigenvalue weighted by atomic mass is 10.3. The Morgan fingerprint density at radius 3 is 2.50 bits per heavy atom. The maximum absolute atomic E-state index is 10.2. The number of nitrogens with zero attached hydrogens (tertiary/aromatic N) is 1. The van der Waals surface area contributed by atoms with Crippen molar-refractivity contribution in [3.63, 3.8) is 0 Å². The second kappa shape index (κ2) is 3.32. The fourth-order valence-corrected chi connectivity index (χ4v) is 0.786. The predicted octanol–water partition coefficient (Wildman–Crippen LogP) is -0.357. The zero-order chi connectivity index (χ0) is 7.40. The number of hydrogen-bond donors (Lipinski definition) is 0. The Morgan fingerprint density at radius 2 is 2.00 bits per heavy atom. The van der Waals surface area contributed by atoms with Gasteiger partial charge in [-0.25, -0.2) is 4.57 Å². The van der Waals surface area contributed by atoms with Crippen molar-refractivity contribution in [3.8, 4) is 0 Å². The summed E-state index contributed by atoms with van der Waals surface area (Å²) in [6.07, 6.45) is 3.85. The molecule has 1 rings (SSSR count). The van der Waals surface area contributed by atoms with Gasteiger partial charge in [-0.3, -0.25) is 0 Å². The summed E-state index contributed by atoms with van der Waals surface area (Å²) in [6.45, 7) is 2.55. The van der Waals surface area contributed by atoms with E-state index in [1.54, 1.807) is 0 Å². The quantitative estimate of drug-likeness (QED) is 0.511. The molecular formula is C8H11NO. The van der Waals surface area contributed by atoms with Gasteiger partial charge in [-0.2, -0.15) is 0 Å². The molecule has 0 N–H and O–H groups in total. The first kappa shape index (κ1) is 7.22. The van der Waals surface area contributed by atoms with Crippen LogP contribution in [0.2, 0.25) is 0 Å². The minimum absolute atomic E-state index is 0.0479. The Balaban J connectivity index is 2.69. The molecule has 2 nitrogen and oxygen atoms in total. The van der Waals surface area contributed by atoms with Gasteiger partial charge in [0, 0.05) is 12.1 Å². The minimum atomic E-state index is -0.0479. The van der Waals surface area contributed by atoms with Gasteiger partial charge < -0.3 is 5.11 Å². The first-order valence-corrected chi connectivity index (χ1v) is 3.37. The van der Waals surface area contributed by atoms with E-state index in [1.165, 1.54) is 5.56 Å². The van der Waals surface area contributed by atoms with Crippen LogP contribution >= 0.6 is 0 Å². The molecule has 0 aliphatic rings. The number of hydrogen-bond acceptors (Lipinski definition) is 1. The van der Waals surface area contributed by atoms with Crippen LogP contribution in [0, 0.1) is 6.92 Å². The summed E-state index contributed by atoms with van der Waals surface area (Å²) in [4.78, 5) is 0. The largest absolute Gasteiger partial charge is 0.850 e. The van der Waals surface area contributed by atoms with Gasteiger partial charge in [0.05, 0.1) is 0 Å². The fraction of sp³-hybridized carbons (Fsp3) is 0.375. The van der Waals surface area contributed by atoms with Crippen molar-refractivity contribution in [3.05, 3.63) is 30.1 Å². The molecule has 10 heavy (non-hydrogen) atoms. The molecule has 1 heterocycles. The summed E-state index contributed by atoms with van der Waals surface area (Å²) >= 11 is 0. The van der Waals surface area contributed by atoms with Crippen LogP contribution in [0.1, 0.15) is 5.56 Å². The molecule has 0 amide bonds. The Kier molecular flexibility index (Phi) is 2.40. The molecule has 0 aliphatic heterocycles. The highest BCUT2D eigenvalue weighted by atomic mass is 16.3. The third-order valence-electron chi connectivity index (χ3n) is 1.41. The third kappa shape index (κ3) is 1.81. The lowest BCUT2D eigenvalue weighted by molar-refractivity contribution is -0.711. The molecule has 0 aromatic carbocycles. The van der Waals surface area contributed by atoms with Gasteiger partial charge in [0.2, 0.25) is 0 Å². The van der Waals surface area contributed by atoms with Crippen LogP contribution in [0.25, 0.3) is 0 Å². The van der Waals surface area contributed by atoms with E-state index in [0.717, 1.165) is 0 Å². The molecule has 54 valence electrons. The molecule has 0 saturated heterocycles. The molecule has 0 radical (unpaired) electrons. The van der Waals surface area contributed by atoms with E-state index in [-0.39, 0.29) is 6.61 Å². The average molecular weight is 137 g/mol.